The summed E-state index contributed by atoms with van der Waals surface area (Å²) in [6.07, 6.45) is 5.96. The van der Waals surface area contributed by atoms with E-state index in [4.69, 9.17) is 0 Å². The fourth-order valence-corrected chi connectivity index (χ4v) is 2.67. The summed E-state index contributed by atoms with van der Waals surface area (Å²) >= 11 is 0. The van der Waals surface area contributed by atoms with Crippen LogP contribution in [0, 0.1) is 5.92 Å². The predicted octanol–water partition coefficient (Wildman–Crippen LogP) is 1.08. The highest BCUT2D eigenvalue weighted by Crippen LogP contribution is 2.29. The Kier molecular flexibility index (Phi) is 4.34. The Morgan fingerprint density at radius 1 is 1.24 bits per heavy atom. The Morgan fingerprint density at radius 3 is 2.57 bits per heavy atom. The van der Waals surface area contributed by atoms with Crippen LogP contribution in [0.5, 0.6) is 0 Å². The summed E-state index contributed by atoms with van der Waals surface area (Å²) in [4.78, 5) is 25.2. The maximum absolute atomic E-state index is 12.4. The van der Waals surface area contributed by atoms with Crippen LogP contribution in [-0.4, -0.2) is 64.9 Å². The standard InChI is InChI=1S/C15H23N5O/c1-2-16-14-10-17-13(9-18-14)15(21)20-7-5-19(6-8-20)11-12-3-4-12/h9-10,12H,2-8,11H2,1H3,(H,16,18). The fraction of sp³-hybridized carbons (Fsp3) is 0.667. The van der Waals surface area contributed by atoms with Gasteiger partial charge in [-0.3, -0.25) is 9.69 Å². The first kappa shape index (κ1) is 14.3. The molecule has 0 atom stereocenters. The first-order valence-corrected chi connectivity index (χ1v) is 7.84. The van der Waals surface area contributed by atoms with Gasteiger partial charge < -0.3 is 10.2 Å². The molecule has 1 saturated heterocycles. The molecule has 0 aromatic carbocycles. The van der Waals surface area contributed by atoms with Gasteiger partial charge in [0.2, 0.25) is 0 Å². The van der Waals surface area contributed by atoms with Crippen LogP contribution in [0.4, 0.5) is 5.82 Å². The van der Waals surface area contributed by atoms with E-state index in [-0.39, 0.29) is 5.91 Å². The molecule has 1 amide bonds. The van der Waals surface area contributed by atoms with E-state index in [1.54, 1.807) is 12.4 Å². The number of piperazine rings is 1. The van der Waals surface area contributed by atoms with Gasteiger partial charge in [0.1, 0.15) is 11.5 Å². The predicted molar refractivity (Wildman–Crippen MR) is 81.3 cm³/mol. The second-order valence-corrected chi connectivity index (χ2v) is 5.85. The molecule has 6 nitrogen and oxygen atoms in total. The smallest absolute Gasteiger partial charge is 0.274 e. The van der Waals surface area contributed by atoms with Crippen LogP contribution in [-0.2, 0) is 0 Å². The lowest BCUT2D eigenvalue weighted by atomic mass is 10.2. The molecule has 2 aliphatic rings. The van der Waals surface area contributed by atoms with Crippen molar-refractivity contribution in [3.05, 3.63) is 18.1 Å². The maximum Gasteiger partial charge on any atom is 0.274 e. The summed E-state index contributed by atoms with van der Waals surface area (Å²) in [5.41, 5.74) is 0.437. The van der Waals surface area contributed by atoms with Crippen molar-refractivity contribution in [2.45, 2.75) is 19.8 Å². The molecule has 0 radical (unpaired) electrons. The van der Waals surface area contributed by atoms with Gasteiger partial charge in [-0.2, -0.15) is 0 Å². The van der Waals surface area contributed by atoms with Crippen molar-refractivity contribution in [1.82, 2.24) is 19.8 Å². The van der Waals surface area contributed by atoms with Crippen molar-refractivity contribution < 1.29 is 4.79 Å². The number of amides is 1. The lowest BCUT2D eigenvalue weighted by Gasteiger charge is -2.34. The fourth-order valence-electron chi connectivity index (χ4n) is 2.67. The highest BCUT2D eigenvalue weighted by atomic mass is 16.2. The first-order valence-electron chi connectivity index (χ1n) is 7.84. The lowest BCUT2D eigenvalue weighted by molar-refractivity contribution is 0.0626. The van der Waals surface area contributed by atoms with Crippen LogP contribution >= 0.6 is 0 Å². The van der Waals surface area contributed by atoms with Gasteiger partial charge in [0.25, 0.3) is 5.91 Å². The van der Waals surface area contributed by atoms with Crippen LogP contribution in [0.2, 0.25) is 0 Å². The zero-order valence-corrected chi connectivity index (χ0v) is 12.6. The second-order valence-electron chi connectivity index (χ2n) is 5.85. The summed E-state index contributed by atoms with van der Waals surface area (Å²) in [5.74, 6) is 1.62. The lowest BCUT2D eigenvalue weighted by Crippen LogP contribution is -2.49. The molecule has 1 N–H and O–H groups in total. The molecule has 1 aromatic heterocycles. The molecule has 1 aliphatic heterocycles. The number of hydrogen-bond donors (Lipinski definition) is 1. The third kappa shape index (κ3) is 3.69. The van der Waals surface area contributed by atoms with Gasteiger partial charge in [-0.15, -0.1) is 0 Å². The molecule has 2 fully saturated rings. The van der Waals surface area contributed by atoms with Gasteiger partial charge in [-0.25, -0.2) is 9.97 Å². The zero-order valence-electron chi connectivity index (χ0n) is 12.6. The number of carbonyl (C=O) groups excluding carboxylic acids is 1. The molecule has 2 heterocycles. The van der Waals surface area contributed by atoms with E-state index in [1.807, 2.05) is 11.8 Å². The van der Waals surface area contributed by atoms with Gasteiger partial charge in [0.15, 0.2) is 0 Å². The average Bonchev–Trinajstić information content (AvgIpc) is 3.32. The number of rotatable bonds is 5. The van der Waals surface area contributed by atoms with E-state index >= 15 is 0 Å². The number of carbonyl (C=O) groups is 1. The SMILES string of the molecule is CCNc1cnc(C(=O)N2CCN(CC3CC3)CC2)cn1. The van der Waals surface area contributed by atoms with E-state index in [9.17, 15) is 4.79 Å². The Bertz CT molecular complexity index is 477. The molecule has 0 bridgehead atoms. The molecular weight excluding hydrogens is 266 g/mol. The van der Waals surface area contributed by atoms with Gasteiger partial charge >= 0.3 is 0 Å². The van der Waals surface area contributed by atoms with E-state index in [1.165, 1.54) is 19.4 Å². The Balaban J connectivity index is 1.52. The van der Waals surface area contributed by atoms with Crippen molar-refractivity contribution in [2.24, 2.45) is 5.92 Å². The van der Waals surface area contributed by atoms with Crippen molar-refractivity contribution in [2.75, 3.05) is 44.6 Å². The minimum absolute atomic E-state index is 0.00313. The van der Waals surface area contributed by atoms with E-state index in [0.29, 0.717) is 11.5 Å². The highest BCUT2D eigenvalue weighted by molar-refractivity contribution is 5.92. The number of aromatic nitrogens is 2. The summed E-state index contributed by atoms with van der Waals surface area (Å²) in [6.45, 7) is 7.55. The molecule has 0 spiro atoms. The molecule has 6 heteroatoms. The molecule has 3 rings (SSSR count). The minimum atomic E-state index is -0.00313. The number of hydrogen-bond acceptors (Lipinski definition) is 5. The summed E-state index contributed by atoms with van der Waals surface area (Å²) in [5, 5.41) is 3.08. The van der Waals surface area contributed by atoms with Gasteiger partial charge in [-0.05, 0) is 25.7 Å². The monoisotopic (exact) mass is 289 g/mol. The summed E-state index contributed by atoms with van der Waals surface area (Å²) in [7, 11) is 0. The van der Waals surface area contributed by atoms with Crippen LogP contribution in [0.1, 0.15) is 30.3 Å². The van der Waals surface area contributed by atoms with Gasteiger partial charge in [0, 0.05) is 39.3 Å². The summed E-state index contributed by atoms with van der Waals surface area (Å²) < 4.78 is 0. The molecule has 1 aromatic rings. The average molecular weight is 289 g/mol. The van der Waals surface area contributed by atoms with Gasteiger partial charge in [-0.1, -0.05) is 0 Å². The first-order chi connectivity index (χ1) is 10.3. The van der Waals surface area contributed by atoms with Crippen molar-refractivity contribution in [3.8, 4) is 0 Å². The Labute approximate surface area is 125 Å². The topological polar surface area (TPSA) is 61.4 Å². The van der Waals surface area contributed by atoms with E-state index in [2.05, 4.69) is 20.2 Å². The quantitative estimate of drug-likeness (QED) is 0.879. The van der Waals surface area contributed by atoms with Crippen LogP contribution in [0.3, 0.4) is 0 Å². The molecule has 114 valence electrons. The number of nitrogens with zero attached hydrogens (tertiary/aromatic N) is 4. The number of anilines is 1. The molecule has 0 unspecified atom stereocenters. The van der Waals surface area contributed by atoms with E-state index < -0.39 is 0 Å². The van der Waals surface area contributed by atoms with Crippen LogP contribution in [0.25, 0.3) is 0 Å². The molecule has 21 heavy (non-hydrogen) atoms. The number of nitrogens with one attached hydrogen (secondary N) is 1. The maximum atomic E-state index is 12.4. The van der Waals surface area contributed by atoms with Crippen molar-refractivity contribution in [3.63, 3.8) is 0 Å². The largest absolute Gasteiger partial charge is 0.369 e. The third-order valence-corrected chi connectivity index (χ3v) is 4.10. The van der Waals surface area contributed by atoms with Crippen molar-refractivity contribution >= 4 is 11.7 Å². The Hall–Kier alpha value is -1.69. The zero-order chi connectivity index (χ0) is 14.7. The summed E-state index contributed by atoms with van der Waals surface area (Å²) in [6, 6.07) is 0. The van der Waals surface area contributed by atoms with E-state index in [0.717, 1.165) is 38.6 Å². The Morgan fingerprint density at radius 2 is 2.00 bits per heavy atom. The molecular formula is C15H23N5O. The van der Waals surface area contributed by atoms with Crippen LogP contribution < -0.4 is 5.32 Å². The minimum Gasteiger partial charge on any atom is -0.369 e. The highest BCUT2D eigenvalue weighted by Gasteiger charge is 2.28. The van der Waals surface area contributed by atoms with Crippen LogP contribution in [0.15, 0.2) is 12.4 Å². The normalized spacial score (nSPS) is 19.6. The van der Waals surface area contributed by atoms with Crippen molar-refractivity contribution in [1.29, 1.82) is 0 Å². The molecule has 1 saturated carbocycles. The van der Waals surface area contributed by atoms with Gasteiger partial charge in [0.05, 0.1) is 12.4 Å². The molecule has 1 aliphatic carbocycles. The third-order valence-electron chi connectivity index (χ3n) is 4.10. The second kappa shape index (κ2) is 6.39.